The van der Waals surface area contributed by atoms with E-state index in [1.165, 1.54) is 0 Å². The van der Waals surface area contributed by atoms with Crippen molar-refractivity contribution in [1.29, 1.82) is 0 Å². The van der Waals surface area contributed by atoms with Gasteiger partial charge in [0.2, 0.25) is 17.8 Å². The lowest BCUT2D eigenvalue weighted by Crippen LogP contribution is -2.40. The first kappa shape index (κ1) is 20.1. The van der Waals surface area contributed by atoms with Crippen LogP contribution in [0.5, 0.6) is 0 Å². The highest BCUT2D eigenvalue weighted by Gasteiger charge is 2.35. The van der Waals surface area contributed by atoms with E-state index in [1.807, 2.05) is 29.2 Å². The van der Waals surface area contributed by atoms with Crippen LogP contribution < -0.4 is 21.1 Å². The Balaban J connectivity index is 1.61. The van der Waals surface area contributed by atoms with Crippen LogP contribution in [0.1, 0.15) is 50.2 Å². The number of piperidine rings is 1. The molecule has 1 aromatic heterocycles. The highest BCUT2D eigenvalue weighted by atomic mass is 16.2. The Bertz CT molecular complexity index is 1010. The number of H-pyrrole nitrogens is 1. The Morgan fingerprint density at radius 1 is 1.27 bits per heavy atom. The normalized spacial score (nSPS) is 21.0. The minimum absolute atomic E-state index is 0.0866. The number of hydrogen-bond donors (Lipinski definition) is 3. The summed E-state index contributed by atoms with van der Waals surface area (Å²) in [4.78, 5) is 47.5. The van der Waals surface area contributed by atoms with Crippen LogP contribution >= 0.6 is 0 Å². The molecule has 1 saturated heterocycles. The summed E-state index contributed by atoms with van der Waals surface area (Å²) in [6, 6.07) is 7.53. The van der Waals surface area contributed by atoms with Gasteiger partial charge >= 0.3 is 0 Å². The molecule has 2 aliphatic rings. The van der Waals surface area contributed by atoms with Gasteiger partial charge in [0.1, 0.15) is 5.82 Å². The molecule has 0 unspecified atom stereocenters. The van der Waals surface area contributed by atoms with Crippen LogP contribution in [0.3, 0.4) is 0 Å². The number of carbonyl (C=O) groups is 2. The van der Waals surface area contributed by atoms with Crippen molar-refractivity contribution in [3.05, 3.63) is 45.7 Å². The summed E-state index contributed by atoms with van der Waals surface area (Å²) in [6.45, 7) is 5.83. The standard InChI is InChI=1S/C22H27N5O3/c1-3-14-6-8-15(9-7-14)23-20(29)16-11-17(28)24-19-18(16)21(30)26-22(25-19)27-10-4-5-13(2)12-27/h6-9,13,16H,3-5,10-12H2,1-2H3,(H,23,29)(H2,24,25,26,28,30)/t13-,16-/m1/s1. The van der Waals surface area contributed by atoms with Crippen LogP contribution in [0.15, 0.2) is 29.1 Å². The fourth-order valence-corrected chi connectivity index (χ4v) is 4.17. The molecule has 2 atom stereocenters. The van der Waals surface area contributed by atoms with Gasteiger partial charge in [-0.3, -0.25) is 19.4 Å². The number of hydrogen-bond acceptors (Lipinski definition) is 5. The summed E-state index contributed by atoms with van der Waals surface area (Å²) < 4.78 is 0. The topological polar surface area (TPSA) is 107 Å². The van der Waals surface area contributed by atoms with Crippen LogP contribution in [-0.2, 0) is 16.0 Å². The van der Waals surface area contributed by atoms with Gasteiger partial charge in [-0.25, -0.2) is 0 Å². The van der Waals surface area contributed by atoms with Crippen LogP contribution in [-0.4, -0.2) is 34.9 Å². The zero-order chi connectivity index (χ0) is 21.3. The van der Waals surface area contributed by atoms with Gasteiger partial charge in [-0.15, -0.1) is 0 Å². The molecule has 3 heterocycles. The third-order valence-electron chi connectivity index (χ3n) is 5.84. The molecule has 2 aliphatic heterocycles. The molecular weight excluding hydrogens is 382 g/mol. The molecule has 0 spiro atoms. The third-order valence-corrected chi connectivity index (χ3v) is 5.84. The molecule has 0 radical (unpaired) electrons. The predicted molar refractivity (Wildman–Crippen MR) is 116 cm³/mol. The van der Waals surface area contributed by atoms with Crippen molar-refractivity contribution in [3.8, 4) is 0 Å². The number of rotatable bonds is 4. The van der Waals surface area contributed by atoms with Gasteiger partial charge in [-0.05, 0) is 42.9 Å². The fourth-order valence-electron chi connectivity index (χ4n) is 4.17. The Kier molecular flexibility index (Phi) is 5.57. The van der Waals surface area contributed by atoms with Crippen LogP contribution in [0.25, 0.3) is 0 Å². The summed E-state index contributed by atoms with van der Waals surface area (Å²) in [5.41, 5.74) is 1.63. The van der Waals surface area contributed by atoms with Crippen molar-refractivity contribution in [2.45, 2.75) is 45.4 Å². The molecule has 0 saturated carbocycles. The minimum atomic E-state index is -0.884. The molecule has 8 nitrogen and oxygen atoms in total. The van der Waals surface area contributed by atoms with E-state index in [0.29, 0.717) is 17.6 Å². The summed E-state index contributed by atoms with van der Waals surface area (Å²) in [5.74, 6) is -0.453. The molecule has 0 bridgehead atoms. The lowest BCUT2D eigenvalue weighted by atomic mass is 9.92. The molecular formula is C22H27N5O3. The van der Waals surface area contributed by atoms with Gasteiger partial charge in [0.05, 0.1) is 11.5 Å². The molecule has 0 aliphatic carbocycles. The van der Waals surface area contributed by atoms with Crippen LogP contribution in [0, 0.1) is 5.92 Å². The monoisotopic (exact) mass is 409 g/mol. The third kappa shape index (κ3) is 4.08. The van der Waals surface area contributed by atoms with E-state index in [0.717, 1.165) is 37.9 Å². The SMILES string of the molecule is CCc1ccc(NC(=O)[C@@H]2CC(=O)Nc3nc(N4CCC[C@@H](C)C4)[nH]c(=O)c32)cc1. The van der Waals surface area contributed by atoms with E-state index < -0.39 is 5.92 Å². The number of nitrogens with zero attached hydrogens (tertiary/aromatic N) is 2. The maximum atomic E-state index is 12.9. The smallest absolute Gasteiger partial charge is 0.258 e. The van der Waals surface area contributed by atoms with E-state index in [1.54, 1.807) is 0 Å². The second-order valence-electron chi connectivity index (χ2n) is 8.19. The molecule has 8 heteroatoms. The van der Waals surface area contributed by atoms with Gasteiger partial charge in [0, 0.05) is 25.2 Å². The second kappa shape index (κ2) is 8.30. The summed E-state index contributed by atoms with van der Waals surface area (Å²) in [6.07, 6.45) is 2.99. The highest BCUT2D eigenvalue weighted by Crippen LogP contribution is 2.31. The quantitative estimate of drug-likeness (QED) is 0.720. The summed E-state index contributed by atoms with van der Waals surface area (Å²) in [5, 5.41) is 5.50. The maximum absolute atomic E-state index is 12.9. The molecule has 1 aromatic carbocycles. The van der Waals surface area contributed by atoms with Crippen LogP contribution in [0.4, 0.5) is 17.5 Å². The largest absolute Gasteiger partial charge is 0.342 e. The van der Waals surface area contributed by atoms with E-state index >= 15 is 0 Å². The molecule has 158 valence electrons. The Morgan fingerprint density at radius 2 is 2.03 bits per heavy atom. The van der Waals surface area contributed by atoms with Crippen molar-refractivity contribution in [2.75, 3.05) is 28.6 Å². The first-order chi connectivity index (χ1) is 14.4. The molecule has 2 amide bonds. The molecule has 3 N–H and O–H groups in total. The van der Waals surface area contributed by atoms with Gasteiger partial charge < -0.3 is 15.5 Å². The van der Waals surface area contributed by atoms with Crippen molar-refractivity contribution >= 4 is 29.3 Å². The number of carbonyl (C=O) groups excluding carboxylic acids is 2. The number of anilines is 3. The van der Waals surface area contributed by atoms with E-state index in [2.05, 4.69) is 34.4 Å². The average molecular weight is 409 g/mol. The number of fused-ring (bicyclic) bond motifs is 1. The van der Waals surface area contributed by atoms with Crippen molar-refractivity contribution < 1.29 is 9.59 Å². The number of aromatic amines is 1. The zero-order valence-corrected chi connectivity index (χ0v) is 17.3. The van der Waals surface area contributed by atoms with Crippen LogP contribution in [0.2, 0.25) is 0 Å². The number of benzene rings is 1. The number of nitrogens with one attached hydrogen (secondary N) is 3. The lowest BCUT2D eigenvalue weighted by Gasteiger charge is -2.32. The van der Waals surface area contributed by atoms with Crippen molar-refractivity contribution in [3.63, 3.8) is 0 Å². The van der Waals surface area contributed by atoms with Crippen molar-refractivity contribution in [2.24, 2.45) is 5.92 Å². The average Bonchev–Trinajstić information content (AvgIpc) is 2.73. The fraction of sp³-hybridized carbons (Fsp3) is 0.455. The Labute approximate surface area is 175 Å². The van der Waals surface area contributed by atoms with E-state index in [-0.39, 0.29) is 35.2 Å². The number of aromatic nitrogens is 2. The summed E-state index contributed by atoms with van der Waals surface area (Å²) >= 11 is 0. The zero-order valence-electron chi connectivity index (χ0n) is 17.3. The van der Waals surface area contributed by atoms with Gasteiger partial charge in [0.15, 0.2) is 0 Å². The molecule has 2 aromatic rings. The molecule has 4 rings (SSSR count). The van der Waals surface area contributed by atoms with Gasteiger partial charge in [-0.1, -0.05) is 26.0 Å². The molecule has 1 fully saturated rings. The van der Waals surface area contributed by atoms with E-state index in [4.69, 9.17) is 0 Å². The summed E-state index contributed by atoms with van der Waals surface area (Å²) in [7, 11) is 0. The lowest BCUT2D eigenvalue weighted by molar-refractivity contribution is -0.123. The van der Waals surface area contributed by atoms with Gasteiger partial charge in [-0.2, -0.15) is 4.98 Å². The first-order valence-corrected chi connectivity index (χ1v) is 10.5. The maximum Gasteiger partial charge on any atom is 0.258 e. The first-order valence-electron chi connectivity index (χ1n) is 10.5. The number of amides is 2. The van der Waals surface area contributed by atoms with Crippen molar-refractivity contribution in [1.82, 2.24) is 9.97 Å². The number of aryl methyl sites for hydroxylation is 1. The van der Waals surface area contributed by atoms with E-state index in [9.17, 15) is 14.4 Å². The second-order valence-corrected chi connectivity index (χ2v) is 8.19. The Morgan fingerprint density at radius 3 is 2.73 bits per heavy atom. The Hall–Kier alpha value is -3.16. The minimum Gasteiger partial charge on any atom is -0.342 e. The highest BCUT2D eigenvalue weighted by molar-refractivity contribution is 6.04. The predicted octanol–water partition coefficient (Wildman–Crippen LogP) is 2.63. The molecule has 30 heavy (non-hydrogen) atoms. The van der Waals surface area contributed by atoms with Gasteiger partial charge in [0.25, 0.3) is 5.56 Å².